The van der Waals surface area contributed by atoms with E-state index >= 15 is 0 Å². The highest BCUT2D eigenvalue weighted by Crippen LogP contribution is 2.44. The summed E-state index contributed by atoms with van der Waals surface area (Å²) in [4.78, 5) is 0. The number of hydrogen-bond donors (Lipinski definition) is 1. The molecule has 0 saturated carbocycles. The maximum absolute atomic E-state index is 9.70. The molecule has 0 aromatic heterocycles. The quantitative estimate of drug-likeness (QED) is 0.595. The Kier molecular flexibility index (Phi) is 3.10. The predicted molar refractivity (Wildman–Crippen MR) is 76.8 cm³/mol. The van der Waals surface area contributed by atoms with Gasteiger partial charge in [0, 0.05) is 6.42 Å². The summed E-state index contributed by atoms with van der Waals surface area (Å²) in [6.45, 7) is 4.23. The molecule has 1 atom stereocenters. The summed E-state index contributed by atoms with van der Waals surface area (Å²) in [6.07, 6.45) is 2.58. The number of alkyl halides is 1. The molecule has 0 bridgehead atoms. The van der Waals surface area contributed by atoms with Crippen molar-refractivity contribution in [2.45, 2.75) is 23.7 Å². The SMILES string of the molecule is CC1=C(c2ccccc2)C(C)(I)CC(O)=C1. The van der Waals surface area contributed by atoms with Crippen LogP contribution in [0.5, 0.6) is 0 Å². The van der Waals surface area contributed by atoms with Gasteiger partial charge in [-0.15, -0.1) is 0 Å². The minimum atomic E-state index is -0.0258. The second-order valence-corrected chi connectivity index (χ2v) is 6.81. The summed E-state index contributed by atoms with van der Waals surface area (Å²) < 4.78 is -0.0258. The lowest BCUT2D eigenvalue weighted by Crippen LogP contribution is -2.22. The van der Waals surface area contributed by atoms with Crippen LogP contribution in [-0.2, 0) is 0 Å². The minimum absolute atomic E-state index is 0.0258. The zero-order valence-electron chi connectivity index (χ0n) is 9.50. The molecule has 0 heterocycles. The van der Waals surface area contributed by atoms with Crippen LogP contribution < -0.4 is 0 Å². The molecule has 0 saturated heterocycles. The molecule has 0 aliphatic heterocycles. The van der Waals surface area contributed by atoms with Crippen LogP contribution in [0.2, 0.25) is 0 Å². The number of halogens is 1. The van der Waals surface area contributed by atoms with Gasteiger partial charge in [0.2, 0.25) is 0 Å². The van der Waals surface area contributed by atoms with Gasteiger partial charge in [-0.2, -0.15) is 0 Å². The molecule has 0 fully saturated rings. The smallest absolute Gasteiger partial charge is 0.0941 e. The number of aliphatic hydroxyl groups excluding tert-OH is 1. The topological polar surface area (TPSA) is 20.2 Å². The van der Waals surface area contributed by atoms with Crippen LogP contribution >= 0.6 is 22.6 Å². The normalized spacial score (nSPS) is 25.6. The summed E-state index contributed by atoms with van der Waals surface area (Å²) in [7, 11) is 0. The van der Waals surface area contributed by atoms with Crippen LogP contribution in [-0.4, -0.2) is 8.53 Å². The highest BCUT2D eigenvalue weighted by Gasteiger charge is 2.32. The molecule has 1 N–H and O–H groups in total. The number of aliphatic hydroxyl groups is 1. The van der Waals surface area contributed by atoms with Gasteiger partial charge in [-0.3, -0.25) is 0 Å². The first-order chi connectivity index (χ1) is 7.50. The van der Waals surface area contributed by atoms with Crippen molar-refractivity contribution in [2.75, 3.05) is 0 Å². The lowest BCUT2D eigenvalue weighted by atomic mass is 9.83. The third-order valence-electron chi connectivity index (χ3n) is 2.87. The van der Waals surface area contributed by atoms with Crippen molar-refractivity contribution in [2.24, 2.45) is 0 Å². The van der Waals surface area contributed by atoms with Crippen molar-refractivity contribution in [3.8, 4) is 0 Å². The van der Waals surface area contributed by atoms with Crippen LogP contribution in [0, 0.1) is 0 Å². The summed E-state index contributed by atoms with van der Waals surface area (Å²) in [5.41, 5.74) is 3.74. The Morgan fingerprint density at radius 2 is 1.88 bits per heavy atom. The van der Waals surface area contributed by atoms with E-state index in [1.807, 2.05) is 12.1 Å². The first-order valence-electron chi connectivity index (χ1n) is 5.36. The Balaban J connectivity index is 2.57. The molecule has 1 aromatic rings. The van der Waals surface area contributed by atoms with Crippen molar-refractivity contribution >= 4 is 28.2 Å². The van der Waals surface area contributed by atoms with Gasteiger partial charge in [0.25, 0.3) is 0 Å². The monoisotopic (exact) mass is 326 g/mol. The Hall–Kier alpha value is -0.770. The molecule has 84 valence electrons. The van der Waals surface area contributed by atoms with Crippen molar-refractivity contribution < 1.29 is 5.11 Å². The van der Waals surface area contributed by atoms with Crippen molar-refractivity contribution in [1.29, 1.82) is 0 Å². The molecule has 1 aliphatic carbocycles. The minimum Gasteiger partial charge on any atom is -0.512 e. The van der Waals surface area contributed by atoms with E-state index in [0.717, 1.165) is 5.57 Å². The highest BCUT2D eigenvalue weighted by molar-refractivity contribution is 14.1. The Bertz CT molecular complexity index is 455. The van der Waals surface area contributed by atoms with Gasteiger partial charge in [0.05, 0.1) is 9.18 Å². The molecule has 0 amide bonds. The molecule has 1 aliphatic rings. The van der Waals surface area contributed by atoms with E-state index in [4.69, 9.17) is 0 Å². The third-order valence-corrected chi connectivity index (χ3v) is 3.80. The molecular formula is C14H15IO. The number of rotatable bonds is 1. The van der Waals surface area contributed by atoms with Crippen molar-refractivity contribution in [1.82, 2.24) is 0 Å². The lowest BCUT2D eigenvalue weighted by Gasteiger charge is -2.31. The zero-order chi connectivity index (χ0) is 11.8. The van der Waals surface area contributed by atoms with Crippen LogP contribution in [0.15, 0.2) is 47.7 Å². The average molecular weight is 326 g/mol. The first-order valence-corrected chi connectivity index (χ1v) is 6.44. The van der Waals surface area contributed by atoms with E-state index in [1.54, 1.807) is 0 Å². The van der Waals surface area contributed by atoms with Crippen molar-refractivity contribution in [3.63, 3.8) is 0 Å². The molecule has 2 rings (SSSR count). The average Bonchev–Trinajstić information content (AvgIpc) is 2.15. The molecule has 2 heteroatoms. The Morgan fingerprint density at radius 1 is 1.25 bits per heavy atom. The van der Waals surface area contributed by atoms with Gasteiger partial charge in [-0.1, -0.05) is 52.9 Å². The Morgan fingerprint density at radius 3 is 2.44 bits per heavy atom. The molecular weight excluding hydrogens is 311 g/mol. The second kappa shape index (κ2) is 4.24. The maximum Gasteiger partial charge on any atom is 0.0941 e. The van der Waals surface area contributed by atoms with Gasteiger partial charge in [0.1, 0.15) is 0 Å². The number of benzene rings is 1. The van der Waals surface area contributed by atoms with E-state index in [-0.39, 0.29) is 3.42 Å². The lowest BCUT2D eigenvalue weighted by molar-refractivity contribution is 0.380. The number of hydrogen-bond acceptors (Lipinski definition) is 1. The van der Waals surface area contributed by atoms with E-state index in [0.29, 0.717) is 12.2 Å². The standard InChI is InChI=1S/C14H15IO/c1-10-8-12(16)9-14(2,15)13(10)11-6-4-3-5-7-11/h3-8,16H,9H2,1-2H3. The van der Waals surface area contributed by atoms with E-state index in [1.165, 1.54) is 11.1 Å². The third kappa shape index (κ3) is 2.17. The van der Waals surface area contributed by atoms with Gasteiger partial charge < -0.3 is 5.11 Å². The first kappa shape index (κ1) is 11.7. The van der Waals surface area contributed by atoms with Crippen LogP contribution in [0.4, 0.5) is 0 Å². The molecule has 16 heavy (non-hydrogen) atoms. The maximum atomic E-state index is 9.70. The van der Waals surface area contributed by atoms with Gasteiger partial charge in [-0.05, 0) is 36.6 Å². The van der Waals surface area contributed by atoms with Gasteiger partial charge >= 0.3 is 0 Å². The Labute approximate surface area is 110 Å². The van der Waals surface area contributed by atoms with Gasteiger partial charge in [-0.25, -0.2) is 0 Å². The molecule has 1 unspecified atom stereocenters. The van der Waals surface area contributed by atoms with Crippen molar-refractivity contribution in [3.05, 3.63) is 53.3 Å². The molecule has 1 aromatic carbocycles. The zero-order valence-corrected chi connectivity index (χ0v) is 11.7. The molecule has 0 spiro atoms. The predicted octanol–water partition coefficient (Wildman–Crippen LogP) is 4.50. The van der Waals surface area contributed by atoms with E-state index < -0.39 is 0 Å². The van der Waals surface area contributed by atoms with E-state index in [2.05, 4.69) is 60.7 Å². The van der Waals surface area contributed by atoms with Crippen LogP contribution in [0.25, 0.3) is 5.57 Å². The highest BCUT2D eigenvalue weighted by atomic mass is 127. The molecule has 0 radical (unpaired) electrons. The number of allylic oxidation sites excluding steroid dienone is 4. The van der Waals surface area contributed by atoms with Crippen LogP contribution in [0.3, 0.4) is 0 Å². The van der Waals surface area contributed by atoms with Crippen LogP contribution in [0.1, 0.15) is 25.8 Å². The van der Waals surface area contributed by atoms with E-state index in [9.17, 15) is 5.11 Å². The second-order valence-electron chi connectivity index (χ2n) is 4.43. The summed E-state index contributed by atoms with van der Waals surface area (Å²) in [6, 6.07) is 10.4. The fourth-order valence-electron chi connectivity index (χ4n) is 2.35. The summed E-state index contributed by atoms with van der Waals surface area (Å²) in [5, 5.41) is 9.70. The fourth-order valence-corrected chi connectivity index (χ4v) is 3.47. The molecule has 1 nitrogen and oxygen atoms in total. The summed E-state index contributed by atoms with van der Waals surface area (Å²) in [5.74, 6) is 0.481. The fraction of sp³-hybridized carbons (Fsp3) is 0.286. The van der Waals surface area contributed by atoms with Gasteiger partial charge in [0.15, 0.2) is 0 Å². The largest absolute Gasteiger partial charge is 0.512 e. The summed E-state index contributed by atoms with van der Waals surface area (Å²) >= 11 is 2.43.